The number of nitrogens with zero attached hydrogens (tertiary/aromatic N) is 1. The minimum absolute atomic E-state index is 0.365. The maximum Gasteiger partial charge on any atom is 0.337 e. The Morgan fingerprint density at radius 1 is 1.05 bits per heavy atom. The minimum atomic E-state index is -0.365. The van der Waals surface area contributed by atoms with Crippen LogP contribution in [0.3, 0.4) is 0 Å². The van der Waals surface area contributed by atoms with Crippen LogP contribution in [0.5, 0.6) is 0 Å². The summed E-state index contributed by atoms with van der Waals surface area (Å²) in [5.41, 5.74) is 3.63. The van der Waals surface area contributed by atoms with Gasteiger partial charge < -0.3 is 4.74 Å². The van der Waals surface area contributed by atoms with Crippen LogP contribution >= 0.6 is 0 Å². The molecule has 0 aliphatic heterocycles. The lowest BCUT2D eigenvalue weighted by atomic mass is 10.0. The Bertz CT molecular complexity index is 713. The summed E-state index contributed by atoms with van der Waals surface area (Å²) < 4.78 is 4.70. The van der Waals surface area contributed by atoms with E-state index in [9.17, 15) is 4.79 Å². The molecule has 22 heavy (non-hydrogen) atoms. The number of methoxy groups -OCH3 is 1. The first kappa shape index (κ1) is 15.4. The van der Waals surface area contributed by atoms with Crippen molar-refractivity contribution in [1.82, 2.24) is 0 Å². The molecule has 0 N–H and O–H groups in total. The fraction of sp³-hybridized carbons (Fsp3) is 0.0526. The predicted molar refractivity (Wildman–Crippen MR) is 89.8 cm³/mol. The van der Waals surface area contributed by atoms with Crippen molar-refractivity contribution < 1.29 is 9.53 Å². The van der Waals surface area contributed by atoms with E-state index in [1.165, 1.54) is 7.11 Å². The van der Waals surface area contributed by atoms with Gasteiger partial charge >= 0.3 is 5.97 Å². The van der Waals surface area contributed by atoms with Crippen LogP contribution in [0.4, 0.5) is 5.69 Å². The van der Waals surface area contributed by atoms with Gasteiger partial charge in [0.05, 0.1) is 24.1 Å². The molecule has 0 fully saturated rings. The third-order valence-electron chi connectivity index (χ3n) is 3.13. The highest BCUT2D eigenvalue weighted by molar-refractivity contribution is 6.15. The number of allylic oxidation sites excluding steroid dienone is 2. The molecule has 0 aromatic heterocycles. The molecule has 0 bridgehead atoms. The van der Waals surface area contributed by atoms with Gasteiger partial charge in [-0.1, -0.05) is 49.6 Å². The zero-order chi connectivity index (χ0) is 15.9. The minimum Gasteiger partial charge on any atom is -0.465 e. The van der Waals surface area contributed by atoms with Crippen molar-refractivity contribution >= 4 is 17.4 Å². The highest BCUT2D eigenvalue weighted by atomic mass is 16.5. The molecule has 3 nitrogen and oxygen atoms in total. The molecule has 2 rings (SSSR count). The van der Waals surface area contributed by atoms with Crippen molar-refractivity contribution in [3.05, 3.63) is 90.5 Å². The zero-order valence-electron chi connectivity index (χ0n) is 12.5. The smallest absolute Gasteiger partial charge is 0.337 e. The van der Waals surface area contributed by atoms with Crippen LogP contribution in [0, 0.1) is 0 Å². The Hall–Kier alpha value is -2.94. The number of benzene rings is 2. The summed E-state index contributed by atoms with van der Waals surface area (Å²) in [7, 11) is 1.36. The molecular formula is C19H17NO2. The molecule has 0 unspecified atom stereocenters. The number of rotatable bonds is 5. The van der Waals surface area contributed by atoms with Gasteiger partial charge in [-0.25, -0.2) is 9.79 Å². The summed E-state index contributed by atoms with van der Waals surface area (Å²) in [5.74, 6) is -0.365. The topological polar surface area (TPSA) is 38.7 Å². The van der Waals surface area contributed by atoms with Crippen molar-refractivity contribution in [3.8, 4) is 0 Å². The Morgan fingerprint density at radius 3 is 2.18 bits per heavy atom. The number of aliphatic imine (C=N–C) groups is 1. The fourth-order valence-electron chi connectivity index (χ4n) is 1.93. The Labute approximate surface area is 130 Å². The summed E-state index contributed by atoms with van der Waals surface area (Å²) in [6.07, 6.45) is 1.66. The Kier molecular flexibility index (Phi) is 5.04. The number of carbonyl (C=O) groups excluding carboxylic acids is 1. The van der Waals surface area contributed by atoms with E-state index in [2.05, 4.69) is 18.2 Å². The summed E-state index contributed by atoms with van der Waals surface area (Å²) >= 11 is 0. The second kappa shape index (κ2) is 7.18. The van der Waals surface area contributed by atoms with E-state index in [0.717, 1.165) is 22.5 Å². The summed E-state index contributed by atoms with van der Waals surface area (Å²) in [6, 6.07) is 16.7. The fourth-order valence-corrected chi connectivity index (χ4v) is 1.93. The number of para-hydroxylation sites is 1. The van der Waals surface area contributed by atoms with Gasteiger partial charge in [-0.2, -0.15) is 0 Å². The van der Waals surface area contributed by atoms with Crippen molar-refractivity contribution in [2.45, 2.75) is 0 Å². The van der Waals surface area contributed by atoms with Crippen LogP contribution in [0.1, 0.15) is 15.9 Å². The van der Waals surface area contributed by atoms with Crippen LogP contribution in [-0.2, 0) is 4.74 Å². The van der Waals surface area contributed by atoms with Crippen molar-refractivity contribution in [1.29, 1.82) is 0 Å². The van der Waals surface area contributed by atoms with Crippen LogP contribution in [0.2, 0.25) is 0 Å². The number of carbonyl (C=O) groups is 1. The van der Waals surface area contributed by atoms with Gasteiger partial charge in [-0.05, 0) is 29.8 Å². The largest absolute Gasteiger partial charge is 0.465 e. The van der Waals surface area contributed by atoms with Crippen LogP contribution in [0.15, 0.2) is 84.4 Å². The molecule has 0 saturated carbocycles. The van der Waals surface area contributed by atoms with E-state index < -0.39 is 0 Å². The molecule has 0 atom stereocenters. The van der Waals surface area contributed by atoms with E-state index in [1.807, 2.05) is 42.5 Å². The van der Waals surface area contributed by atoms with Crippen molar-refractivity contribution in [2.24, 2.45) is 4.99 Å². The second-order valence-electron chi connectivity index (χ2n) is 4.59. The summed E-state index contributed by atoms with van der Waals surface area (Å²) in [6.45, 7) is 7.73. The van der Waals surface area contributed by atoms with Gasteiger partial charge in [-0.3, -0.25) is 0 Å². The van der Waals surface area contributed by atoms with Crippen LogP contribution < -0.4 is 0 Å². The van der Waals surface area contributed by atoms with Crippen molar-refractivity contribution in [2.75, 3.05) is 7.11 Å². The second-order valence-corrected chi connectivity index (χ2v) is 4.59. The molecule has 0 radical (unpaired) electrons. The normalized spacial score (nSPS) is 10.9. The third kappa shape index (κ3) is 3.58. The molecule has 3 heteroatoms. The highest BCUT2D eigenvalue weighted by Crippen LogP contribution is 2.18. The molecule has 2 aromatic carbocycles. The lowest BCUT2D eigenvalue weighted by Gasteiger charge is -2.08. The first-order chi connectivity index (χ1) is 10.7. The molecule has 0 heterocycles. The van der Waals surface area contributed by atoms with Crippen LogP contribution in [-0.4, -0.2) is 18.8 Å². The van der Waals surface area contributed by atoms with Gasteiger partial charge in [0.1, 0.15) is 0 Å². The number of hydrogen-bond acceptors (Lipinski definition) is 3. The number of esters is 1. The van der Waals surface area contributed by atoms with E-state index in [0.29, 0.717) is 5.56 Å². The summed E-state index contributed by atoms with van der Waals surface area (Å²) in [5, 5.41) is 0. The number of hydrogen-bond donors (Lipinski definition) is 0. The Morgan fingerprint density at radius 2 is 1.64 bits per heavy atom. The first-order valence-electron chi connectivity index (χ1n) is 6.80. The van der Waals surface area contributed by atoms with Gasteiger partial charge in [0.25, 0.3) is 0 Å². The summed E-state index contributed by atoms with van der Waals surface area (Å²) in [4.78, 5) is 16.1. The molecule has 0 aliphatic rings. The average molecular weight is 291 g/mol. The SMILES string of the molecule is C=CC(=C)C(=Nc1ccccc1)c1ccc(C(=O)OC)cc1. The maximum atomic E-state index is 11.5. The highest BCUT2D eigenvalue weighted by Gasteiger charge is 2.09. The van der Waals surface area contributed by atoms with Gasteiger partial charge in [0.2, 0.25) is 0 Å². The average Bonchev–Trinajstić information content (AvgIpc) is 2.59. The van der Waals surface area contributed by atoms with Gasteiger partial charge in [-0.15, -0.1) is 0 Å². The van der Waals surface area contributed by atoms with Crippen LogP contribution in [0.25, 0.3) is 0 Å². The van der Waals surface area contributed by atoms with E-state index in [4.69, 9.17) is 4.74 Å². The molecule has 0 spiro atoms. The molecule has 0 aliphatic carbocycles. The number of ether oxygens (including phenoxy) is 1. The van der Waals surface area contributed by atoms with E-state index in [-0.39, 0.29) is 5.97 Å². The Balaban J connectivity index is 2.42. The monoisotopic (exact) mass is 291 g/mol. The van der Waals surface area contributed by atoms with Crippen molar-refractivity contribution in [3.63, 3.8) is 0 Å². The standard InChI is InChI=1S/C19H17NO2/c1-4-14(2)18(20-17-8-6-5-7-9-17)15-10-12-16(13-11-15)19(21)22-3/h4-13H,1-2H2,3H3. The van der Waals surface area contributed by atoms with E-state index >= 15 is 0 Å². The molecule has 0 saturated heterocycles. The molecule has 110 valence electrons. The molecule has 0 amide bonds. The lowest BCUT2D eigenvalue weighted by Crippen LogP contribution is -2.05. The van der Waals surface area contributed by atoms with Gasteiger partial charge in [0.15, 0.2) is 0 Å². The van der Waals surface area contributed by atoms with E-state index in [1.54, 1.807) is 18.2 Å². The molecular weight excluding hydrogens is 274 g/mol. The van der Waals surface area contributed by atoms with Gasteiger partial charge in [0, 0.05) is 5.56 Å². The zero-order valence-corrected chi connectivity index (χ0v) is 12.5. The third-order valence-corrected chi connectivity index (χ3v) is 3.13. The quantitative estimate of drug-likeness (QED) is 0.467. The predicted octanol–water partition coefficient (Wildman–Crippen LogP) is 4.34. The maximum absolute atomic E-state index is 11.5. The lowest BCUT2D eigenvalue weighted by molar-refractivity contribution is 0.0600. The molecule has 2 aromatic rings. The first-order valence-corrected chi connectivity index (χ1v) is 6.80.